The van der Waals surface area contributed by atoms with E-state index in [1.165, 1.54) is 0 Å². The second kappa shape index (κ2) is 9.37. The Kier molecular flexibility index (Phi) is 7.73. The number of aryl methyl sites for hydroxylation is 1. The summed E-state index contributed by atoms with van der Waals surface area (Å²) in [5.41, 5.74) is 1.12. The van der Waals surface area contributed by atoms with Crippen LogP contribution in [0.4, 0.5) is 0 Å². The minimum atomic E-state index is -0.441. The normalized spacial score (nSPS) is 11.9. The van der Waals surface area contributed by atoms with E-state index in [0.29, 0.717) is 26.2 Å². The maximum atomic E-state index is 12.0. The number of carbonyl (C=O) groups excluding carboxylic acids is 1. The molecule has 1 unspecified atom stereocenters. The van der Waals surface area contributed by atoms with Gasteiger partial charge in [-0.1, -0.05) is 19.1 Å². The molecule has 0 bridgehead atoms. The molecule has 1 atom stereocenters. The number of hydrogen-bond donors (Lipinski definition) is 1. The van der Waals surface area contributed by atoms with Crippen molar-refractivity contribution in [2.45, 2.75) is 39.7 Å². The molecule has 0 aliphatic carbocycles. The number of carbonyl (C=O) groups is 1. The van der Waals surface area contributed by atoms with Crippen LogP contribution in [0.2, 0.25) is 0 Å². The van der Waals surface area contributed by atoms with Gasteiger partial charge >= 0.3 is 0 Å². The van der Waals surface area contributed by atoms with Crippen LogP contribution in [0.1, 0.15) is 32.3 Å². The van der Waals surface area contributed by atoms with Crippen LogP contribution < -0.4 is 10.1 Å². The number of rotatable bonds is 9. The molecular weight excluding hydrogens is 254 g/mol. The molecule has 1 N–H and O–H groups in total. The molecule has 1 rings (SSSR count). The standard InChI is InChI=1S/C16H25NO3/c1-4-15(16(18)17-10-7-11-19-5-2)20-14-9-6-8-13(3)12-14/h6,8-9,12,15H,4-5,7,10-11H2,1-3H3,(H,17,18). The van der Waals surface area contributed by atoms with Crippen molar-refractivity contribution in [3.8, 4) is 5.75 Å². The van der Waals surface area contributed by atoms with Crippen LogP contribution in [0.3, 0.4) is 0 Å². The zero-order chi connectivity index (χ0) is 14.8. The van der Waals surface area contributed by atoms with Gasteiger partial charge in [0.25, 0.3) is 5.91 Å². The molecule has 0 saturated carbocycles. The van der Waals surface area contributed by atoms with Gasteiger partial charge in [-0.25, -0.2) is 0 Å². The van der Waals surface area contributed by atoms with E-state index in [0.717, 1.165) is 17.7 Å². The smallest absolute Gasteiger partial charge is 0.261 e. The molecule has 0 aliphatic heterocycles. The molecule has 0 saturated heterocycles. The average Bonchev–Trinajstić information content (AvgIpc) is 2.44. The van der Waals surface area contributed by atoms with Crippen molar-refractivity contribution < 1.29 is 14.3 Å². The van der Waals surface area contributed by atoms with E-state index in [2.05, 4.69) is 5.32 Å². The summed E-state index contributed by atoms with van der Waals surface area (Å²) >= 11 is 0. The van der Waals surface area contributed by atoms with Gasteiger partial charge in [-0.05, 0) is 44.4 Å². The van der Waals surface area contributed by atoms with Crippen LogP contribution in [0.25, 0.3) is 0 Å². The van der Waals surface area contributed by atoms with Crippen LogP contribution >= 0.6 is 0 Å². The molecule has 1 aromatic carbocycles. The first-order valence-corrected chi connectivity index (χ1v) is 7.26. The number of hydrogen-bond acceptors (Lipinski definition) is 3. The summed E-state index contributed by atoms with van der Waals surface area (Å²) in [5, 5.41) is 2.88. The van der Waals surface area contributed by atoms with Gasteiger partial charge in [0, 0.05) is 19.8 Å². The van der Waals surface area contributed by atoms with Crippen molar-refractivity contribution >= 4 is 5.91 Å². The summed E-state index contributed by atoms with van der Waals surface area (Å²) in [6.07, 6.45) is 1.02. The molecule has 0 aromatic heterocycles. The zero-order valence-corrected chi connectivity index (χ0v) is 12.6. The largest absolute Gasteiger partial charge is 0.481 e. The van der Waals surface area contributed by atoms with Gasteiger partial charge in [0.15, 0.2) is 6.10 Å². The van der Waals surface area contributed by atoms with Crippen molar-refractivity contribution in [2.24, 2.45) is 0 Å². The lowest BCUT2D eigenvalue weighted by molar-refractivity contribution is -0.128. The number of benzene rings is 1. The maximum absolute atomic E-state index is 12.0. The molecular formula is C16H25NO3. The van der Waals surface area contributed by atoms with E-state index < -0.39 is 6.10 Å². The number of nitrogens with one attached hydrogen (secondary N) is 1. The third-order valence-corrected chi connectivity index (χ3v) is 2.90. The Morgan fingerprint density at radius 1 is 1.35 bits per heavy atom. The van der Waals surface area contributed by atoms with E-state index in [-0.39, 0.29) is 5.91 Å². The first-order chi connectivity index (χ1) is 9.67. The Bertz CT molecular complexity index is 406. The lowest BCUT2D eigenvalue weighted by Gasteiger charge is -2.17. The first kappa shape index (κ1) is 16.5. The molecule has 0 radical (unpaired) electrons. The predicted octanol–water partition coefficient (Wildman–Crippen LogP) is 2.70. The monoisotopic (exact) mass is 279 g/mol. The minimum absolute atomic E-state index is 0.0643. The lowest BCUT2D eigenvalue weighted by Crippen LogP contribution is -2.38. The van der Waals surface area contributed by atoms with E-state index >= 15 is 0 Å². The number of amides is 1. The lowest BCUT2D eigenvalue weighted by atomic mass is 10.2. The van der Waals surface area contributed by atoms with Gasteiger partial charge in [0.2, 0.25) is 0 Å². The molecule has 0 fully saturated rings. The maximum Gasteiger partial charge on any atom is 0.261 e. The van der Waals surface area contributed by atoms with Crippen LogP contribution in [0.5, 0.6) is 5.75 Å². The fourth-order valence-corrected chi connectivity index (χ4v) is 1.82. The Labute approximate surface area is 121 Å². The van der Waals surface area contributed by atoms with E-state index in [9.17, 15) is 4.79 Å². The Morgan fingerprint density at radius 2 is 2.15 bits per heavy atom. The Morgan fingerprint density at radius 3 is 2.80 bits per heavy atom. The van der Waals surface area contributed by atoms with Crippen LogP contribution in [-0.2, 0) is 9.53 Å². The second-order valence-corrected chi connectivity index (χ2v) is 4.67. The highest BCUT2D eigenvalue weighted by Crippen LogP contribution is 2.15. The second-order valence-electron chi connectivity index (χ2n) is 4.67. The molecule has 4 nitrogen and oxygen atoms in total. The van der Waals surface area contributed by atoms with Gasteiger partial charge in [-0.2, -0.15) is 0 Å². The van der Waals surface area contributed by atoms with Crippen molar-refractivity contribution in [3.05, 3.63) is 29.8 Å². The van der Waals surface area contributed by atoms with Crippen LogP contribution in [0.15, 0.2) is 24.3 Å². The summed E-state index contributed by atoms with van der Waals surface area (Å²) in [5.74, 6) is 0.673. The molecule has 112 valence electrons. The molecule has 1 amide bonds. The third kappa shape index (κ3) is 6.06. The fourth-order valence-electron chi connectivity index (χ4n) is 1.82. The summed E-state index contributed by atoms with van der Waals surface area (Å²) < 4.78 is 11.0. The molecule has 4 heteroatoms. The molecule has 1 aromatic rings. The van der Waals surface area contributed by atoms with Crippen LogP contribution in [-0.4, -0.2) is 31.8 Å². The van der Waals surface area contributed by atoms with Gasteiger partial charge in [0.05, 0.1) is 0 Å². The number of ether oxygens (including phenoxy) is 2. The minimum Gasteiger partial charge on any atom is -0.481 e. The Hall–Kier alpha value is -1.55. The van der Waals surface area contributed by atoms with Crippen molar-refractivity contribution in [3.63, 3.8) is 0 Å². The van der Waals surface area contributed by atoms with Gasteiger partial charge in [-0.15, -0.1) is 0 Å². The highest BCUT2D eigenvalue weighted by molar-refractivity contribution is 5.81. The highest BCUT2D eigenvalue weighted by Gasteiger charge is 2.17. The highest BCUT2D eigenvalue weighted by atomic mass is 16.5. The SMILES string of the molecule is CCOCCCNC(=O)C(CC)Oc1cccc(C)c1. The van der Waals surface area contributed by atoms with Crippen molar-refractivity contribution in [1.82, 2.24) is 5.32 Å². The summed E-state index contributed by atoms with van der Waals surface area (Å²) in [6, 6.07) is 7.74. The van der Waals surface area contributed by atoms with Gasteiger partial charge in [0.1, 0.15) is 5.75 Å². The van der Waals surface area contributed by atoms with Crippen LogP contribution in [0, 0.1) is 6.92 Å². The topological polar surface area (TPSA) is 47.6 Å². The molecule has 0 spiro atoms. The van der Waals surface area contributed by atoms with E-state index in [1.54, 1.807) is 0 Å². The Balaban J connectivity index is 2.39. The summed E-state index contributed by atoms with van der Waals surface area (Å²) in [6.45, 7) is 7.91. The first-order valence-electron chi connectivity index (χ1n) is 7.26. The van der Waals surface area contributed by atoms with Crippen molar-refractivity contribution in [1.29, 1.82) is 0 Å². The predicted molar refractivity (Wildman–Crippen MR) is 80.0 cm³/mol. The zero-order valence-electron chi connectivity index (χ0n) is 12.6. The third-order valence-electron chi connectivity index (χ3n) is 2.90. The molecule has 0 aliphatic rings. The fraction of sp³-hybridized carbons (Fsp3) is 0.562. The van der Waals surface area contributed by atoms with E-state index in [1.807, 2.05) is 45.0 Å². The van der Waals surface area contributed by atoms with Gasteiger partial charge in [-0.3, -0.25) is 4.79 Å². The van der Waals surface area contributed by atoms with E-state index in [4.69, 9.17) is 9.47 Å². The van der Waals surface area contributed by atoms with Crippen molar-refractivity contribution in [2.75, 3.05) is 19.8 Å². The summed E-state index contributed by atoms with van der Waals surface area (Å²) in [7, 11) is 0. The molecule has 0 heterocycles. The molecule has 20 heavy (non-hydrogen) atoms. The van der Waals surface area contributed by atoms with Gasteiger partial charge < -0.3 is 14.8 Å². The average molecular weight is 279 g/mol. The quantitative estimate of drug-likeness (QED) is 0.707. The summed E-state index contributed by atoms with van der Waals surface area (Å²) in [4.78, 5) is 12.0.